The number of nitrogens with one attached hydrogen (secondary N) is 2. The summed E-state index contributed by atoms with van der Waals surface area (Å²) >= 11 is 0. The molecule has 0 bridgehead atoms. The summed E-state index contributed by atoms with van der Waals surface area (Å²) in [4.78, 5) is 38.2. The average molecular weight is 401 g/mol. The fourth-order valence-corrected chi connectivity index (χ4v) is 3.84. The molecule has 4 amide bonds. The Morgan fingerprint density at radius 2 is 2.07 bits per heavy atom. The van der Waals surface area contributed by atoms with Gasteiger partial charge in [-0.3, -0.25) is 14.5 Å². The molecule has 29 heavy (non-hydrogen) atoms. The van der Waals surface area contributed by atoms with Gasteiger partial charge in [0.15, 0.2) is 5.82 Å². The number of nitrogens with zero attached hydrogens (tertiary/aromatic N) is 5. The highest BCUT2D eigenvalue weighted by Gasteiger charge is 2.52. The van der Waals surface area contributed by atoms with Gasteiger partial charge in [-0.05, 0) is 48.4 Å². The molecule has 1 aliphatic carbocycles. The largest absolute Gasteiger partial charge is 0.326 e. The Balaban J connectivity index is 1.40. The van der Waals surface area contributed by atoms with E-state index in [9.17, 15) is 18.8 Å². The highest BCUT2D eigenvalue weighted by atomic mass is 19.1. The number of anilines is 1. The minimum absolute atomic E-state index is 0.0155. The maximum atomic E-state index is 14.1. The number of aryl methyl sites for hydroxylation is 1. The van der Waals surface area contributed by atoms with Crippen LogP contribution in [-0.2, 0) is 9.59 Å². The zero-order chi connectivity index (χ0) is 20.6. The van der Waals surface area contributed by atoms with Crippen LogP contribution in [0.1, 0.15) is 37.9 Å². The molecule has 1 saturated heterocycles. The molecule has 2 fully saturated rings. The van der Waals surface area contributed by atoms with Crippen molar-refractivity contribution in [1.82, 2.24) is 30.4 Å². The van der Waals surface area contributed by atoms with Crippen LogP contribution in [0.25, 0.3) is 5.69 Å². The van der Waals surface area contributed by atoms with Crippen molar-refractivity contribution >= 4 is 23.5 Å². The Labute approximate surface area is 165 Å². The molecular weight excluding hydrogens is 381 g/mol. The summed E-state index contributed by atoms with van der Waals surface area (Å²) in [5.74, 6) is -0.804. The van der Waals surface area contributed by atoms with Crippen molar-refractivity contribution in [3.63, 3.8) is 0 Å². The lowest BCUT2D eigenvalue weighted by atomic mass is 9.98. The Morgan fingerprint density at radius 1 is 1.31 bits per heavy atom. The molecular formula is C18H20FN7O3. The second-order valence-corrected chi connectivity index (χ2v) is 7.28. The maximum absolute atomic E-state index is 14.1. The van der Waals surface area contributed by atoms with Crippen molar-refractivity contribution < 1.29 is 18.8 Å². The van der Waals surface area contributed by atoms with Crippen molar-refractivity contribution in [2.24, 2.45) is 0 Å². The lowest BCUT2D eigenvalue weighted by molar-refractivity contribution is -0.131. The fraction of sp³-hybridized carbons (Fsp3) is 0.444. The minimum atomic E-state index is -0.789. The van der Waals surface area contributed by atoms with Crippen molar-refractivity contribution in [2.75, 3.05) is 11.9 Å². The fourth-order valence-electron chi connectivity index (χ4n) is 3.84. The topological polar surface area (TPSA) is 122 Å². The van der Waals surface area contributed by atoms with Gasteiger partial charge in [0.05, 0.1) is 0 Å². The van der Waals surface area contributed by atoms with Gasteiger partial charge >= 0.3 is 6.03 Å². The summed E-state index contributed by atoms with van der Waals surface area (Å²) in [6.07, 6.45) is 3.00. The summed E-state index contributed by atoms with van der Waals surface area (Å²) in [5, 5.41) is 16.3. The quantitative estimate of drug-likeness (QED) is 0.729. The van der Waals surface area contributed by atoms with Crippen LogP contribution in [-0.4, -0.2) is 55.0 Å². The van der Waals surface area contributed by atoms with E-state index in [2.05, 4.69) is 26.2 Å². The molecule has 2 aromatic rings. The number of urea groups is 1. The SMILES string of the molecule is Cc1nnnn1-c1cc(NC(=O)CCN2C(=O)NC3(CCCC3)C2=O)ccc1F. The van der Waals surface area contributed by atoms with E-state index in [4.69, 9.17) is 0 Å². The van der Waals surface area contributed by atoms with E-state index in [1.165, 1.54) is 22.9 Å². The minimum Gasteiger partial charge on any atom is -0.326 e. The van der Waals surface area contributed by atoms with E-state index in [1.54, 1.807) is 6.92 Å². The Bertz CT molecular complexity index is 984. The van der Waals surface area contributed by atoms with Gasteiger partial charge in [-0.1, -0.05) is 12.8 Å². The van der Waals surface area contributed by atoms with Gasteiger partial charge in [0.2, 0.25) is 5.91 Å². The van der Waals surface area contributed by atoms with Gasteiger partial charge in [0.25, 0.3) is 5.91 Å². The molecule has 1 aromatic heterocycles. The predicted molar refractivity (Wildman–Crippen MR) is 98.5 cm³/mol. The first-order valence-corrected chi connectivity index (χ1v) is 9.38. The molecule has 0 unspecified atom stereocenters. The zero-order valence-electron chi connectivity index (χ0n) is 15.8. The molecule has 152 valence electrons. The van der Waals surface area contributed by atoms with Crippen LogP contribution < -0.4 is 10.6 Å². The zero-order valence-corrected chi connectivity index (χ0v) is 15.8. The molecule has 0 atom stereocenters. The van der Waals surface area contributed by atoms with Crippen molar-refractivity contribution in [1.29, 1.82) is 0 Å². The third-order valence-corrected chi connectivity index (χ3v) is 5.35. The normalized spacial score (nSPS) is 17.8. The highest BCUT2D eigenvalue weighted by molar-refractivity contribution is 6.07. The second kappa shape index (κ2) is 7.22. The molecule has 1 aliphatic heterocycles. The van der Waals surface area contributed by atoms with E-state index in [-0.39, 0.29) is 24.6 Å². The summed E-state index contributed by atoms with van der Waals surface area (Å²) < 4.78 is 15.3. The first kappa shape index (κ1) is 19.0. The molecule has 2 N–H and O–H groups in total. The van der Waals surface area contributed by atoms with Crippen molar-refractivity contribution in [3.8, 4) is 5.69 Å². The number of hydrogen-bond acceptors (Lipinski definition) is 6. The summed E-state index contributed by atoms with van der Waals surface area (Å²) in [7, 11) is 0. The van der Waals surface area contributed by atoms with Crippen LogP contribution in [0.15, 0.2) is 18.2 Å². The molecule has 0 radical (unpaired) electrons. The molecule has 4 rings (SSSR count). The van der Waals surface area contributed by atoms with Gasteiger partial charge in [0, 0.05) is 18.7 Å². The molecule has 1 spiro atoms. The van der Waals surface area contributed by atoms with Gasteiger partial charge < -0.3 is 10.6 Å². The molecule has 1 aromatic carbocycles. The van der Waals surface area contributed by atoms with Crippen LogP contribution in [0.5, 0.6) is 0 Å². The van der Waals surface area contributed by atoms with Crippen LogP contribution in [0.4, 0.5) is 14.9 Å². The molecule has 2 aliphatic rings. The Morgan fingerprint density at radius 3 is 2.76 bits per heavy atom. The third kappa shape index (κ3) is 3.43. The van der Waals surface area contributed by atoms with Gasteiger partial charge in [0.1, 0.15) is 17.0 Å². The van der Waals surface area contributed by atoms with Gasteiger partial charge in [-0.15, -0.1) is 5.10 Å². The average Bonchev–Trinajstić information content (AvgIpc) is 3.38. The summed E-state index contributed by atoms with van der Waals surface area (Å²) in [5.41, 5.74) is -0.336. The van der Waals surface area contributed by atoms with Crippen molar-refractivity contribution in [3.05, 3.63) is 29.8 Å². The number of hydrogen-bond donors (Lipinski definition) is 2. The van der Waals surface area contributed by atoms with E-state index in [0.29, 0.717) is 24.4 Å². The maximum Gasteiger partial charge on any atom is 0.325 e. The number of benzene rings is 1. The molecule has 1 saturated carbocycles. The number of imide groups is 1. The number of tetrazole rings is 1. The lowest BCUT2D eigenvalue weighted by Gasteiger charge is -2.19. The van der Waals surface area contributed by atoms with E-state index in [1.807, 2.05) is 0 Å². The first-order valence-electron chi connectivity index (χ1n) is 9.38. The van der Waals surface area contributed by atoms with E-state index in [0.717, 1.165) is 17.7 Å². The van der Waals surface area contributed by atoms with Gasteiger partial charge in [-0.25, -0.2) is 9.18 Å². The number of amides is 4. The lowest BCUT2D eigenvalue weighted by Crippen LogP contribution is -2.44. The molecule has 11 heteroatoms. The van der Waals surface area contributed by atoms with Crippen molar-refractivity contribution in [2.45, 2.75) is 44.6 Å². The van der Waals surface area contributed by atoms with E-state index < -0.39 is 23.3 Å². The molecule has 2 heterocycles. The Kier molecular flexibility index (Phi) is 4.73. The second-order valence-electron chi connectivity index (χ2n) is 7.28. The standard InChI is InChI=1S/C18H20FN7O3/c1-11-22-23-24-26(11)14-10-12(4-5-13(14)19)20-15(27)6-9-25-16(28)18(21-17(25)29)7-2-3-8-18/h4-5,10H,2-3,6-9H2,1H3,(H,20,27)(H,21,29). The number of aromatic nitrogens is 4. The summed E-state index contributed by atoms with van der Waals surface area (Å²) in [6.45, 7) is 1.61. The van der Waals surface area contributed by atoms with Crippen LogP contribution in [0, 0.1) is 12.7 Å². The van der Waals surface area contributed by atoms with E-state index >= 15 is 0 Å². The first-order chi connectivity index (χ1) is 13.9. The van der Waals surface area contributed by atoms with Gasteiger partial charge in [-0.2, -0.15) is 4.68 Å². The molecule has 10 nitrogen and oxygen atoms in total. The Hall–Kier alpha value is -3.37. The van der Waals surface area contributed by atoms with Crippen LogP contribution in [0.3, 0.4) is 0 Å². The number of rotatable bonds is 5. The summed E-state index contributed by atoms with van der Waals surface area (Å²) in [6, 6.07) is 3.57. The number of halogens is 1. The number of carbonyl (C=O) groups is 3. The monoisotopic (exact) mass is 401 g/mol. The smallest absolute Gasteiger partial charge is 0.325 e. The van der Waals surface area contributed by atoms with Crippen LogP contribution >= 0.6 is 0 Å². The predicted octanol–water partition coefficient (Wildman–Crippen LogP) is 1.30. The highest BCUT2D eigenvalue weighted by Crippen LogP contribution is 2.35. The third-order valence-electron chi connectivity index (χ3n) is 5.35. The number of carbonyl (C=O) groups excluding carboxylic acids is 3. The van der Waals surface area contributed by atoms with Crippen LogP contribution in [0.2, 0.25) is 0 Å².